The van der Waals surface area contributed by atoms with Crippen LogP contribution in [0.5, 0.6) is 0 Å². The molecule has 2 unspecified atom stereocenters. The van der Waals surface area contributed by atoms with Crippen LogP contribution >= 0.6 is 23.2 Å². The predicted octanol–water partition coefficient (Wildman–Crippen LogP) is 13.1. The van der Waals surface area contributed by atoms with E-state index in [-0.39, 0.29) is 72.7 Å². The monoisotopic (exact) mass is 1140 g/mol. The molecule has 0 aliphatic carbocycles. The molecular weight excluding hydrogens is 1070 g/mol. The standard InChI is InChI=1S/C32H36BClFNO5.C31H33BClFN2O4/c1-33(40)20-24(17-22-7-9-25(10-8-22)28-19-27(34)11-12-30(28)35)18-29(31(37)38)26-13-15-36(16-14-26)32(39)41-21-23-5-3-2-4-6-23;1-32(39)36-26(17-21-7-9-23(10-8-21)27-18-25(33)11-12-29(27)34)19-28(30(36)37)24-13-15-35(16-14-24)31(38)40-20-22-5-3-2-4-6-22/h2-12,19,24,26,29,40H,13-18,20-21H2,1H3,(H,37,38);2-12,18,24,26,28,39H,13-17,19-20H2,1H3/t24-,29?;26-,28?/m11/s1. The maximum Gasteiger partial charge on any atom is 0.411 e. The van der Waals surface area contributed by atoms with Gasteiger partial charge in [-0.2, -0.15) is 0 Å². The Morgan fingerprint density at radius 3 is 1.57 bits per heavy atom. The van der Waals surface area contributed by atoms with Crippen molar-refractivity contribution in [2.24, 2.45) is 29.6 Å². The minimum atomic E-state index is -0.893. The average molecular weight is 1140 g/mol. The Morgan fingerprint density at radius 1 is 0.642 bits per heavy atom. The fourth-order valence-electron chi connectivity index (χ4n) is 11.8. The van der Waals surface area contributed by atoms with E-state index in [1.54, 1.807) is 40.4 Å². The molecule has 3 heterocycles. The zero-order chi connectivity index (χ0) is 57.6. The molecule has 81 heavy (non-hydrogen) atoms. The summed E-state index contributed by atoms with van der Waals surface area (Å²) in [5.74, 6) is -2.33. The van der Waals surface area contributed by atoms with E-state index in [0.717, 1.165) is 40.7 Å². The second kappa shape index (κ2) is 28.8. The molecule has 12 nitrogen and oxygen atoms in total. The van der Waals surface area contributed by atoms with Crippen molar-refractivity contribution in [1.29, 1.82) is 0 Å². The van der Waals surface area contributed by atoms with Gasteiger partial charge in [0.25, 0.3) is 6.92 Å². The van der Waals surface area contributed by atoms with Crippen molar-refractivity contribution in [2.75, 3.05) is 26.2 Å². The van der Waals surface area contributed by atoms with Crippen molar-refractivity contribution in [1.82, 2.24) is 14.6 Å². The van der Waals surface area contributed by atoms with Crippen LogP contribution < -0.4 is 0 Å². The number of likely N-dealkylation sites (tertiary alicyclic amines) is 2. The van der Waals surface area contributed by atoms with Crippen LogP contribution in [0.15, 0.2) is 146 Å². The highest BCUT2D eigenvalue weighted by Crippen LogP contribution is 2.39. The van der Waals surface area contributed by atoms with Gasteiger partial charge in [0.05, 0.1) is 5.92 Å². The Labute approximate surface area is 484 Å². The molecule has 3 saturated heterocycles. The zero-order valence-corrected chi connectivity index (χ0v) is 47.2. The molecule has 3 N–H and O–H groups in total. The molecule has 0 saturated carbocycles. The number of halogens is 4. The topological polar surface area (TPSA) is 157 Å². The van der Waals surface area contributed by atoms with Gasteiger partial charge in [-0.1, -0.05) is 139 Å². The zero-order valence-electron chi connectivity index (χ0n) is 45.7. The van der Waals surface area contributed by atoms with E-state index < -0.39 is 25.9 Å². The highest BCUT2D eigenvalue weighted by molar-refractivity contribution is 6.49. The summed E-state index contributed by atoms with van der Waals surface area (Å²) in [4.78, 5) is 55.9. The number of nitrogens with zero attached hydrogens (tertiary/aromatic N) is 3. The maximum absolute atomic E-state index is 14.3. The quantitative estimate of drug-likeness (QED) is 0.0713. The van der Waals surface area contributed by atoms with Gasteiger partial charge in [-0.25, -0.2) is 18.4 Å². The SMILES string of the molecule is CB(O)C[C@H](Cc1ccc(-c2cc(Cl)ccc2F)cc1)CC(C(=O)O)C1CCN(C(=O)OCc2ccccc2)CC1.CB(O)N1C(=O)C(C2CCN(C(=O)OCc3ccccc3)CC2)C[C@H]1Cc1ccc(-c2cc(Cl)ccc2F)cc1. The molecule has 6 aromatic rings. The number of hydrogen-bond acceptors (Lipinski definition) is 8. The van der Waals surface area contributed by atoms with Crippen LogP contribution in [0.2, 0.25) is 30.0 Å². The molecule has 6 aromatic carbocycles. The van der Waals surface area contributed by atoms with Crippen molar-refractivity contribution in [3.05, 3.63) is 190 Å². The fraction of sp³-hybridized carbons (Fsp3) is 0.365. The minimum Gasteiger partial charge on any atom is -0.481 e. The summed E-state index contributed by atoms with van der Waals surface area (Å²) < 4.78 is 39.5. The lowest BCUT2D eigenvalue weighted by atomic mass is 9.61. The molecule has 3 amide bonds. The molecule has 0 aromatic heterocycles. The molecule has 0 spiro atoms. The van der Waals surface area contributed by atoms with Gasteiger partial charge in [0.1, 0.15) is 24.8 Å². The van der Waals surface area contributed by atoms with E-state index in [9.17, 15) is 43.1 Å². The second-order valence-electron chi connectivity index (χ2n) is 21.8. The first-order valence-electron chi connectivity index (χ1n) is 27.9. The number of amides is 3. The molecule has 18 heteroatoms. The number of ether oxygens (including phenoxy) is 2. The van der Waals surface area contributed by atoms with Crippen LogP contribution in [-0.4, -0.2) is 100 Å². The van der Waals surface area contributed by atoms with Crippen molar-refractivity contribution in [3.63, 3.8) is 0 Å². The van der Waals surface area contributed by atoms with Crippen molar-refractivity contribution in [3.8, 4) is 22.3 Å². The summed E-state index contributed by atoms with van der Waals surface area (Å²) in [6.45, 7) is 5.20. The number of carbonyl (C=O) groups excluding carboxylic acids is 3. The molecule has 3 fully saturated rings. The number of piperidine rings is 2. The van der Waals surface area contributed by atoms with Gasteiger partial charge >= 0.3 is 25.2 Å². The van der Waals surface area contributed by atoms with Gasteiger partial charge in [-0.15, -0.1) is 0 Å². The van der Waals surface area contributed by atoms with E-state index in [1.165, 1.54) is 24.3 Å². The summed E-state index contributed by atoms with van der Waals surface area (Å²) in [6, 6.07) is 43.0. The number of hydrogen-bond donors (Lipinski definition) is 3. The predicted molar refractivity (Wildman–Crippen MR) is 313 cm³/mol. The lowest BCUT2D eigenvalue weighted by Gasteiger charge is -2.35. The van der Waals surface area contributed by atoms with Crippen LogP contribution in [0.3, 0.4) is 0 Å². The third-order valence-corrected chi connectivity index (χ3v) is 16.5. The smallest absolute Gasteiger partial charge is 0.411 e. The highest BCUT2D eigenvalue weighted by Gasteiger charge is 2.46. The summed E-state index contributed by atoms with van der Waals surface area (Å²) in [6.07, 6.45) is 4.63. The van der Waals surface area contributed by atoms with Gasteiger partial charge in [-0.3, -0.25) is 9.59 Å². The maximum atomic E-state index is 14.3. The lowest BCUT2D eigenvalue weighted by molar-refractivity contribution is -0.145. The van der Waals surface area contributed by atoms with Gasteiger partial charge in [-0.05, 0) is 152 Å². The van der Waals surface area contributed by atoms with E-state index in [2.05, 4.69) is 0 Å². The fourth-order valence-corrected chi connectivity index (χ4v) is 12.2. The van der Waals surface area contributed by atoms with Crippen molar-refractivity contribution < 1.29 is 52.6 Å². The Bertz CT molecular complexity index is 3040. The minimum absolute atomic E-state index is 0.0253. The number of carboxylic acids is 1. The summed E-state index contributed by atoms with van der Waals surface area (Å²) in [5.41, 5.74) is 6.15. The number of carboxylic acid groups (broad SMARTS) is 1. The summed E-state index contributed by atoms with van der Waals surface area (Å²) >= 11 is 12.1. The first-order valence-corrected chi connectivity index (χ1v) is 28.7. The van der Waals surface area contributed by atoms with Gasteiger partial charge in [0.2, 0.25) is 5.91 Å². The van der Waals surface area contributed by atoms with Crippen LogP contribution in [0.25, 0.3) is 22.3 Å². The van der Waals surface area contributed by atoms with Crippen molar-refractivity contribution in [2.45, 2.75) is 90.6 Å². The number of aliphatic carboxylic acids is 1. The van der Waals surface area contributed by atoms with Gasteiger partial charge in [0.15, 0.2) is 0 Å². The number of carbonyl (C=O) groups is 4. The lowest BCUT2D eigenvalue weighted by Crippen LogP contribution is -2.46. The largest absolute Gasteiger partial charge is 0.481 e. The summed E-state index contributed by atoms with van der Waals surface area (Å²) in [7, 11) is -0.893. The van der Waals surface area contributed by atoms with E-state index in [4.69, 9.17) is 32.7 Å². The third-order valence-electron chi connectivity index (χ3n) is 16.0. The van der Waals surface area contributed by atoms with E-state index >= 15 is 0 Å². The average Bonchev–Trinajstić information content (AvgIpc) is 4.10. The Hall–Kier alpha value is -6.71. The molecule has 0 bridgehead atoms. The first kappa shape index (κ1) is 60.4. The van der Waals surface area contributed by atoms with Gasteiger partial charge in [0, 0.05) is 59.3 Å². The Kier molecular flexibility index (Phi) is 21.5. The van der Waals surface area contributed by atoms with Crippen LogP contribution in [-0.2, 0) is 45.1 Å². The van der Waals surface area contributed by atoms with Crippen LogP contribution in [0.4, 0.5) is 18.4 Å². The second-order valence-corrected chi connectivity index (χ2v) is 22.7. The molecule has 4 atom stereocenters. The molecular formula is C63H69B2Cl2F2N3O9. The number of benzene rings is 6. The molecule has 424 valence electrons. The van der Waals surface area contributed by atoms with Crippen LogP contribution in [0, 0.1) is 41.2 Å². The van der Waals surface area contributed by atoms with E-state index in [1.807, 2.05) is 109 Å². The molecule has 9 rings (SSSR count). The number of rotatable bonds is 18. The third kappa shape index (κ3) is 16.7. The Balaban J connectivity index is 0.000000212. The molecule has 3 aliphatic rings. The first-order chi connectivity index (χ1) is 39.0. The van der Waals surface area contributed by atoms with Crippen LogP contribution in [0.1, 0.15) is 60.8 Å². The highest BCUT2D eigenvalue weighted by atomic mass is 35.5. The van der Waals surface area contributed by atoms with Gasteiger partial charge < -0.3 is 39.2 Å². The summed E-state index contributed by atoms with van der Waals surface area (Å²) in [5, 5.41) is 31.8. The molecule has 0 radical (unpaired) electrons. The van der Waals surface area contributed by atoms with E-state index in [0.29, 0.717) is 97.8 Å². The van der Waals surface area contributed by atoms with Crippen molar-refractivity contribution >= 4 is 61.2 Å². The normalized spacial score (nSPS) is 17.4. The molecule has 3 aliphatic heterocycles. The Morgan fingerprint density at radius 2 is 1.11 bits per heavy atom.